The number of aliphatic hydroxyl groups is 1. The smallest absolute Gasteiger partial charge is 0.156 e. The van der Waals surface area contributed by atoms with Crippen molar-refractivity contribution in [2.24, 2.45) is 5.92 Å². The van der Waals surface area contributed by atoms with Crippen LogP contribution in [-0.2, 0) is 0 Å². The Morgan fingerprint density at radius 1 is 1.47 bits per heavy atom. The van der Waals surface area contributed by atoms with E-state index in [1.807, 2.05) is 13.8 Å². The van der Waals surface area contributed by atoms with E-state index in [0.29, 0.717) is 24.5 Å². The molecule has 0 bridgehead atoms. The highest BCUT2D eigenvalue weighted by Gasteiger charge is 2.13. The van der Waals surface area contributed by atoms with Crippen LogP contribution in [-0.4, -0.2) is 34.0 Å². The van der Waals surface area contributed by atoms with Gasteiger partial charge in [-0.15, -0.1) is 0 Å². The van der Waals surface area contributed by atoms with Crippen LogP contribution in [0.1, 0.15) is 30.0 Å². The van der Waals surface area contributed by atoms with Crippen molar-refractivity contribution in [1.29, 1.82) is 0 Å². The van der Waals surface area contributed by atoms with Crippen molar-refractivity contribution in [1.82, 2.24) is 9.97 Å². The number of carbonyl (C=O) groups excluding carboxylic acids is 1. The molecule has 0 saturated heterocycles. The second-order valence-corrected chi connectivity index (χ2v) is 4.49. The summed E-state index contributed by atoms with van der Waals surface area (Å²) in [6, 6.07) is 0. The van der Waals surface area contributed by atoms with Crippen LogP contribution in [0.5, 0.6) is 0 Å². The molecule has 1 heterocycles. The van der Waals surface area contributed by atoms with E-state index >= 15 is 0 Å². The van der Waals surface area contributed by atoms with E-state index in [1.54, 1.807) is 6.92 Å². The molecule has 0 aliphatic rings. The normalized spacial score (nSPS) is 12.6. The van der Waals surface area contributed by atoms with Crippen molar-refractivity contribution in [3.05, 3.63) is 16.5 Å². The van der Waals surface area contributed by atoms with Crippen molar-refractivity contribution in [2.45, 2.75) is 26.9 Å². The quantitative estimate of drug-likeness (QED) is 0.620. The number of nitrogens with zero attached hydrogens (tertiary/aromatic N) is 2. The van der Waals surface area contributed by atoms with Crippen LogP contribution < -0.4 is 5.32 Å². The van der Waals surface area contributed by atoms with E-state index in [4.69, 9.17) is 11.6 Å². The average Bonchev–Trinajstić information content (AvgIpc) is 2.24. The first-order valence-corrected chi connectivity index (χ1v) is 5.74. The molecule has 6 heteroatoms. The predicted molar refractivity (Wildman–Crippen MR) is 66.5 cm³/mol. The Bertz CT molecular complexity index is 410. The maximum atomic E-state index is 10.9. The summed E-state index contributed by atoms with van der Waals surface area (Å²) in [6.45, 7) is 5.81. The van der Waals surface area contributed by atoms with Gasteiger partial charge in [-0.05, 0) is 12.8 Å². The fraction of sp³-hybridized carbons (Fsp3) is 0.545. The van der Waals surface area contributed by atoms with E-state index in [9.17, 15) is 9.90 Å². The van der Waals surface area contributed by atoms with Gasteiger partial charge in [0, 0.05) is 6.54 Å². The minimum Gasteiger partial charge on any atom is -0.391 e. The predicted octanol–water partition coefficient (Wildman–Crippen LogP) is 1.68. The van der Waals surface area contributed by atoms with Crippen LogP contribution in [0.3, 0.4) is 0 Å². The zero-order chi connectivity index (χ0) is 13.0. The van der Waals surface area contributed by atoms with Gasteiger partial charge >= 0.3 is 0 Å². The van der Waals surface area contributed by atoms with Crippen LogP contribution in [0.4, 0.5) is 5.82 Å². The molecule has 1 atom stereocenters. The summed E-state index contributed by atoms with van der Waals surface area (Å²) in [5.74, 6) is 0.958. The number of halogens is 1. The molecule has 2 N–H and O–H groups in total. The third kappa shape index (κ3) is 3.64. The van der Waals surface area contributed by atoms with Crippen molar-refractivity contribution >= 4 is 23.7 Å². The minimum atomic E-state index is -0.511. The number of aromatic nitrogens is 2. The van der Waals surface area contributed by atoms with Gasteiger partial charge < -0.3 is 10.4 Å². The molecular weight excluding hydrogens is 242 g/mol. The molecule has 0 aliphatic heterocycles. The van der Waals surface area contributed by atoms with Crippen LogP contribution >= 0.6 is 11.6 Å². The fourth-order valence-electron chi connectivity index (χ4n) is 1.22. The van der Waals surface area contributed by atoms with E-state index in [2.05, 4.69) is 15.3 Å². The summed E-state index contributed by atoms with van der Waals surface area (Å²) in [5.41, 5.74) is 0.216. The largest absolute Gasteiger partial charge is 0.391 e. The zero-order valence-electron chi connectivity index (χ0n) is 10.1. The lowest BCUT2D eigenvalue weighted by atomic mass is 10.1. The van der Waals surface area contributed by atoms with E-state index < -0.39 is 6.10 Å². The Kier molecular flexibility index (Phi) is 4.84. The highest BCUT2D eigenvalue weighted by atomic mass is 35.5. The number of aryl methyl sites for hydroxylation is 1. The average molecular weight is 258 g/mol. The van der Waals surface area contributed by atoms with Gasteiger partial charge in [-0.1, -0.05) is 25.4 Å². The molecule has 1 aromatic rings. The van der Waals surface area contributed by atoms with Crippen molar-refractivity contribution in [2.75, 3.05) is 11.9 Å². The summed E-state index contributed by atoms with van der Waals surface area (Å²) in [6.07, 6.45) is 0.0924. The first kappa shape index (κ1) is 13.9. The van der Waals surface area contributed by atoms with E-state index in [0.717, 1.165) is 0 Å². The molecule has 1 aromatic heterocycles. The number of anilines is 1. The van der Waals surface area contributed by atoms with Gasteiger partial charge in [0.25, 0.3) is 0 Å². The maximum absolute atomic E-state index is 10.9. The maximum Gasteiger partial charge on any atom is 0.156 e. The number of aliphatic hydroxyl groups excluding tert-OH is 1. The third-order valence-electron chi connectivity index (χ3n) is 2.38. The van der Waals surface area contributed by atoms with Crippen molar-refractivity contribution in [3.63, 3.8) is 0 Å². The Hall–Kier alpha value is -1.20. The molecule has 1 rings (SSSR count). The monoisotopic (exact) mass is 257 g/mol. The van der Waals surface area contributed by atoms with Gasteiger partial charge in [-0.2, -0.15) is 0 Å². The minimum absolute atomic E-state index is 0.119. The number of aldehydes is 1. The first-order chi connectivity index (χ1) is 7.95. The summed E-state index contributed by atoms with van der Waals surface area (Å²) < 4.78 is 0. The SMILES string of the molecule is Cc1nc(Cl)c(C=O)c(NCC(O)C(C)C)n1. The molecule has 17 heavy (non-hydrogen) atoms. The summed E-state index contributed by atoms with van der Waals surface area (Å²) >= 11 is 5.83. The standard InChI is InChI=1S/C11H16ClN3O2/c1-6(2)9(17)4-13-11-8(5-16)10(12)14-7(3)15-11/h5-6,9,17H,4H2,1-3H3,(H,13,14,15). The van der Waals surface area contributed by atoms with Crippen LogP contribution in [0.2, 0.25) is 5.15 Å². The second kappa shape index (κ2) is 5.93. The summed E-state index contributed by atoms with van der Waals surface area (Å²) in [5, 5.41) is 12.7. The molecule has 0 amide bonds. The molecular formula is C11H16ClN3O2. The zero-order valence-corrected chi connectivity index (χ0v) is 10.8. The Morgan fingerprint density at radius 3 is 2.65 bits per heavy atom. The van der Waals surface area contributed by atoms with Gasteiger partial charge in [-0.3, -0.25) is 4.79 Å². The topological polar surface area (TPSA) is 75.1 Å². The van der Waals surface area contributed by atoms with Gasteiger partial charge in [0.15, 0.2) is 6.29 Å². The lowest BCUT2D eigenvalue weighted by molar-refractivity contribution is 0.112. The number of hydrogen-bond acceptors (Lipinski definition) is 5. The van der Waals surface area contributed by atoms with E-state index in [1.165, 1.54) is 0 Å². The Labute approximate surface area is 105 Å². The fourth-order valence-corrected chi connectivity index (χ4v) is 1.48. The van der Waals surface area contributed by atoms with E-state index in [-0.39, 0.29) is 16.6 Å². The molecule has 0 fully saturated rings. The Balaban J connectivity index is 2.86. The molecule has 5 nitrogen and oxygen atoms in total. The molecule has 0 saturated carbocycles. The lowest BCUT2D eigenvalue weighted by Gasteiger charge is -2.16. The van der Waals surface area contributed by atoms with Crippen LogP contribution in [0.25, 0.3) is 0 Å². The second-order valence-electron chi connectivity index (χ2n) is 4.13. The van der Waals surface area contributed by atoms with Gasteiger partial charge in [0.1, 0.15) is 16.8 Å². The summed E-state index contributed by atoms with van der Waals surface area (Å²) in [4.78, 5) is 18.8. The Morgan fingerprint density at radius 2 is 2.12 bits per heavy atom. The van der Waals surface area contributed by atoms with Crippen molar-refractivity contribution < 1.29 is 9.90 Å². The first-order valence-electron chi connectivity index (χ1n) is 5.37. The number of carbonyl (C=O) groups is 1. The van der Waals surface area contributed by atoms with Crippen LogP contribution in [0, 0.1) is 12.8 Å². The third-order valence-corrected chi connectivity index (χ3v) is 2.67. The molecule has 94 valence electrons. The molecule has 0 radical (unpaired) electrons. The summed E-state index contributed by atoms with van der Waals surface area (Å²) in [7, 11) is 0. The highest BCUT2D eigenvalue weighted by Crippen LogP contribution is 2.19. The molecule has 0 spiro atoms. The molecule has 0 aromatic carbocycles. The van der Waals surface area contributed by atoms with Crippen molar-refractivity contribution in [3.8, 4) is 0 Å². The van der Waals surface area contributed by atoms with Gasteiger partial charge in [0.05, 0.1) is 11.7 Å². The number of rotatable bonds is 5. The molecule has 1 unspecified atom stereocenters. The number of hydrogen-bond donors (Lipinski definition) is 2. The van der Waals surface area contributed by atoms with Crippen LogP contribution in [0.15, 0.2) is 0 Å². The van der Waals surface area contributed by atoms with Gasteiger partial charge in [-0.25, -0.2) is 9.97 Å². The molecule has 0 aliphatic carbocycles. The number of nitrogens with one attached hydrogen (secondary N) is 1. The lowest BCUT2D eigenvalue weighted by Crippen LogP contribution is -2.25. The highest BCUT2D eigenvalue weighted by molar-refractivity contribution is 6.32. The van der Waals surface area contributed by atoms with Gasteiger partial charge in [0.2, 0.25) is 0 Å².